The van der Waals surface area contributed by atoms with E-state index < -0.39 is 0 Å². The fraction of sp³-hybridized carbons (Fsp3) is 0.800. The Morgan fingerprint density at radius 3 is 1.86 bits per heavy atom. The van der Waals surface area contributed by atoms with Gasteiger partial charge in [-0.25, -0.2) is 0 Å². The average Bonchev–Trinajstić information content (AvgIpc) is 1.72. The van der Waals surface area contributed by atoms with E-state index in [1.54, 1.807) is 0 Å². The quantitative estimate of drug-likeness (QED) is 0.503. The van der Waals surface area contributed by atoms with Crippen LogP contribution in [0.3, 0.4) is 0 Å². The van der Waals surface area contributed by atoms with E-state index in [-0.39, 0.29) is 12.4 Å². The first-order valence-corrected chi connectivity index (χ1v) is 2.52. The molecule has 0 atom stereocenters. The molecular formula is C5H11ClN. The molecule has 1 saturated heterocycles. The number of hydrogen-bond donors (Lipinski definition) is 1. The zero-order chi connectivity index (χ0) is 4.24. The fourth-order valence-electron chi connectivity index (χ4n) is 0.678. The van der Waals surface area contributed by atoms with Crippen molar-refractivity contribution < 1.29 is 0 Å². The number of hydrogen-bond acceptors (Lipinski definition) is 1. The van der Waals surface area contributed by atoms with E-state index in [9.17, 15) is 0 Å². The van der Waals surface area contributed by atoms with Gasteiger partial charge in [-0.15, -0.1) is 12.4 Å². The number of halogens is 1. The van der Waals surface area contributed by atoms with E-state index in [1.807, 2.05) is 0 Å². The van der Waals surface area contributed by atoms with Crippen molar-refractivity contribution in [2.24, 2.45) is 0 Å². The van der Waals surface area contributed by atoms with Gasteiger partial charge in [0, 0.05) is 0 Å². The lowest BCUT2D eigenvalue weighted by atomic mass is 10.2. The summed E-state index contributed by atoms with van der Waals surface area (Å²) in [5, 5.41) is 3.25. The summed E-state index contributed by atoms with van der Waals surface area (Å²) >= 11 is 0. The lowest BCUT2D eigenvalue weighted by Gasteiger charge is -2.08. The van der Waals surface area contributed by atoms with Gasteiger partial charge < -0.3 is 5.32 Å². The van der Waals surface area contributed by atoms with Crippen LogP contribution in [0, 0.1) is 6.42 Å². The Labute approximate surface area is 50.9 Å². The Kier molecular flexibility index (Phi) is 4.57. The first-order chi connectivity index (χ1) is 3.00. The Balaban J connectivity index is 0.000000360. The van der Waals surface area contributed by atoms with E-state index in [4.69, 9.17) is 0 Å². The molecule has 0 aromatic heterocycles. The summed E-state index contributed by atoms with van der Waals surface area (Å²) in [6, 6.07) is 0. The van der Waals surface area contributed by atoms with Crippen molar-refractivity contribution in [2.75, 3.05) is 13.1 Å². The number of rotatable bonds is 0. The van der Waals surface area contributed by atoms with Crippen LogP contribution in [0.1, 0.15) is 12.8 Å². The summed E-state index contributed by atoms with van der Waals surface area (Å²) in [6.45, 7) is 2.39. The van der Waals surface area contributed by atoms with Gasteiger partial charge in [-0.3, -0.25) is 0 Å². The maximum Gasteiger partial charge on any atom is -0.00462 e. The lowest BCUT2D eigenvalue weighted by molar-refractivity contribution is 0.604. The molecule has 0 spiro atoms. The first-order valence-electron chi connectivity index (χ1n) is 2.52. The SMILES string of the molecule is Cl.[CH]1CCNCC1. The highest BCUT2D eigenvalue weighted by Gasteiger charge is 1.94. The third kappa shape index (κ3) is 2.89. The predicted molar refractivity (Wildman–Crippen MR) is 33.7 cm³/mol. The van der Waals surface area contributed by atoms with Crippen molar-refractivity contribution in [2.45, 2.75) is 12.8 Å². The average molecular weight is 121 g/mol. The van der Waals surface area contributed by atoms with Crippen LogP contribution in [0.5, 0.6) is 0 Å². The molecule has 0 aromatic carbocycles. The highest BCUT2D eigenvalue weighted by Crippen LogP contribution is 1.94. The normalized spacial score (nSPS) is 20.6. The van der Waals surface area contributed by atoms with Gasteiger partial charge in [0.25, 0.3) is 0 Å². The number of piperidine rings is 1. The minimum absolute atomic E-state index is 0. The molecule has 1 fully saturated rings. The summed E-state index contributed by atoms with van der Waals surface area (Å²) in [5.41, 5.74) is 0. The van der Waals surface area contributed by atoms with Crippen LogP contribution < -0.4 is 5.32 Å². The van der Waals surface area contributed by atoms with Crippen LogP contribution in [-0.4, -0.2) is 13.1 Å². The Morgan fingerprint density at radius 2 is 1.71 bits per heavy atom. The third-order valence-corrected chi connectivity index (χ3v) is 1.05. The summed E-state index contributed by atoms with van der Waals surface area (Å²) in [7, 11) is 0. The molecule has 1 aliphatic rings. The van der Waals surface area contributed by atoms with Gasteiger partial charge in [0.1, 0.15) is 0 Å². The molecule has 0 unspecified atom stereocenters. The van der Waals surface area contributed by atoms with Gasteiger partial charge in [-0.2, -0.15) is 0 Å². The van der Waals surface area contributed by atoms with Crippen molar-refractivity contribution in [3.05, 3.63) is 6.42 Å². The molecule has 0 bridgehead atoms. The molecule has 1 nitrogen and oxygen atoms in total. The van der Waals surface area contributed by atoms with Gasteiger partial charge >= 0.3 is 0 Å². The van der Waals surface area contributed by atoms with Gasteiger partial charge in [-0.1, -0.05) is 0 Å². The number of nitrogens with one attached hydrogen (secondary N) is 1. The Morgan fingerprint density at radius 1 is 1.14 bits per heavy atom. The second kappa shape index (κ2) is 4.41. The largest absolute Gasteiger partial charge is 0.317 e. The summed E-state index contributed by atoms with van der Waals surface area (Å²) in [6.07, 6.45) is 4.86. The van der Waals surface area contributed by atoms with E-state index in [0.717, 1.165) is 0 Å². The van der Waals surface area contributed by atoms with Gasteiger partial charge in [0.05, 0.1) is 0 Å². The smallest absolute Gasteiger partial charge is 0.00462 e. The van der Waals surface area contributed by atoms with Crippen molar-refractivity contribution >= 4 is 12.4 Å². The first kappa shape index (κ1) is 7.25. The maximum absolute atomic E-state index is 3.25. The minimum atomic E-state index is 0. The predicted octanol–water partition coefficient (Wildman–Crippen LogP) is 0.996. The highest BCUT2D eigenvalue weighted by atomic mass is 35.5. The second-order valence-corrected chi connectivity index (χ2v) is 1.62. The van der Waals surface area contributed by atoms with Crippen molar-refractivity contribution in [3.63, 3.8) is 0 Å². The molecular weight excluding hydrogens is 110 g/mol. The van der Waals surface area contributed by atoms with Gasteiger partial charge in [0.2, 0.25) is 0 Å². The molecule has 7 heavy (non-hydrogen) atoms. The van der Waals surface area contributed by atoms with E-state index in [0.29, 0.717) is 0 Å². The molecule has 1 heterocycles. The Hall–Kier alpha value is 0.250. The topological polar surface area (TPSA) is 12.0 Å². The van der Waals surface area contributed by atoms with Crippen LogP contribution in [-0.2, 0) is 0 Å². The van der Waals surface area contributed by atoms with Crippen molar-refractivity contribution in [3.8, 4) is 0 Å². The summed E-state index contributed by atoms with van der Waals surface area (Å²) < 4.78 is 0. The van der Waals surface area contributed by atoms with Crippen LogP contribution in [0.15, 0.2) is 0 Å². The standard InChI is InChI=1S/C5H10N.ClH/c1-2-4-6-5-3-1;/h1,6H,2-5H2;1H. The van der Waals surface area contributed by atoms with E-state index in [1.165, 1.54) is 25.9 Å². The molecule has 43 valence electrons. The zero-order valence-electron chi connectivity index (χ0n) is 4.31. The molecule has 1 aliphatic heterocycles. The van der Waals surface area contributed by atoms with Crippen LogP contribution in [0.4, 0.5) is 0 Å². The van der Waals surface area contributed by atoms with Crippen molar-refractivity contribution in [1.82, 2.24) is 5.32 Å². The van der Waals surface area contributed by atoms with Crippen LogP contribution in [0.25, 0.3) is 0 Å². The molecule has 0 aliphatic carbocycles. The molecule has 2 heteroatoms. The van der Waals surface area contributed by atoms with Crippen molar-refractivity contribution in [1.29, 1.82) is 0 Å². The summed E-state index contributed by atoms with van der Waals surface area (Å²) in [4.78, 5) is 0. The van der Waals surface area contributed by atoms with E-state index >= 15 is 0 Å². The molecule has 0 amide bonds. The highest BCUT2D eigenvalue weighted by molar-refractivity contribution is 5.85. The lowest BCUT2D eigenvalue weighted by Crippen LogP contribution is -2.21. The van der Waals surface area contributed by atoms with E-state index in [2.05, 4.69) is 11.7 Å². The fourth-order valence-corrected chi connectivity index (χ4v) is 0.678. The molecule has 0 aromatic rings. The molecule has 0 saturated carbocycles. The van der Waals surface area contributed by atoms with Gasteiger partial charge in [0.15, 0.2) is 0 Å². The van der Waals surface area contributed by atoms with Crippen LogP contribution >= 0.6 is 12.4 Å². The zero-order valence-corrected chi connectivity index (χ0v) is 5.13. The molecule has 1 N–H and O–H groups in total. The third-order valence-electron chi connectivity index (χ3n) is 1.05. The monoisotopic (exact) mass is 120 g/mol. The van der Waals surface area contributed by atoms with Crippen LogP contribution in [0.2, 0.25) is 0 Å². The maximum atomic E-state index is 3.25. The van der Waals surface area contributed by atoms with Gasteiger partial charge in [-0.05, 0) is 32.4 Å². The minimum Gasteiger partial charge on any atom is -0.317 e. The molecule has 1 rings (SSSR count). The summed E-state index contributed by atoms with van der Waals surface area (Å²) in [5.74, 6) is 0. The second-order valence-electron chi connectivity index (χ2n) is 1.62. The Bertz CT molecular complexity index is 23.6. The molecule has 1 radical (unpaired) electrons.